The van der Waals surface area contributed by atoms with Crippen LogP contribution in [0.15, 0.2) is 152 Å². The number of hydrogen-bond donors (Lipinski definition) is 0. The molecule has 0 aliphatic carbocycles. The normalized spacial score (nSPS) is 11.5. The fourth-order valence-electron chi connectivity index (χ4n) is 6.16. The van der Waals surface area contributed by atoms with Crippen molar-refractivity contribution in [3.63, 3.8) is 0 Å². The molecule has 9 aromatic rings. The Morgan fingerprint density at radius 2 is 0.935 bits per heavy atom. The van der Waals surface area contributed by atoms with Crippen molar-refractivity contribution in [2.24, 2.45) is 0 Å². The molecule has 3 heterocycles. The SMILES string of the molecule is c1ccc(-c2ccc(-c3cc(-c4cccc5sc6cccc(-c7nc8ccccc8s7)c6c45)nc(-c4ccccc4)n3)cc2)cc1. The van der Waals surface area contributed by atoms with E-state index in [4.69, 9.17) is 15.0 Å². The monoisotopic (exact) mass is 623 g/mol. The molecule has 216 valence electrons. The molecular formula is C41H25N3S2. The number of thiophene rings is 1. The molecule has 9 rings (SSSR count). The third-order valence-corrected chi connectivity index (χ3v) is 10.6. The van der Waals surface area contributed by atoms with E-state index in [0.29, 0.717) is 5.82 Å². The first kappa shape index (κ1) is 26.9. The molecule has 0 atom stereocenters. The number of rotatable bonds is 5. The minimum atomic E-state index is 0.711. The minimum Gasteiger partial charge on any atom is -0.236 e. The van der Waals surface area contributed by atoms with Gasteiger partial charge in [0.05, 0.1) is 21.6 Å². The van der Waals surface area contributed by atoms with Crippen LogP contribution in [0.3, 0.4) is 0 Å². The topological polar surface area (TPSA) is 38.7 Å². The summed E-state index contributed by atoms with van der Waals surface area (Å²) < 4.78 is 3.67. The van der Waals surface area contributed by atoms with E-state index in [1.807, 2.05) is 35.6 Å². The Morgan fingerprint density at radius 3 is 1.67 bits per heavy atom. The number of para-hydroxylation sites is 1. The third kappa shape index (κ3) is 4.69. The van der Waals surface area contributed by atoms with Gasteiger partial charge in [-0.3, -0.25) is 0 Å². The van der Waals surface area contributed by atoms with Crippen LogP contribution >= 0.6 is 22.7 Å². The van der Waals surface area contributed by atoms with E-state index < -0.39 is 0 Å². The molecule has 5 heteroatoms. The summed E-state index contributed by atoms with van der Waals surface area (Å²) in [5.74, 6) is 0.711. The summed E-state index contributed by atoms with van der Waals surface area (Å²) >= 11 is 3.57. The summed E-state index contributed by atoms with van der Waals surface area (Å²) in [4.78, 5) is 15.4. The van der Waals surface area contributed by atoms with Gasteiger partial charge in [0.15, 0.2) is 5.82 Å². The highest BCUT2D eigenvalue weighted by Crippen LogP contribution is 2.45. The quantitative estimate of drug-likeness (QED) is 0.191. The molecule has 0 radical (unpaired) electrons. The summed E-state index contributed by atoms with van der Waals surface area (Å²) in [5, 5.41) is 3.47. The summed E-state index contributed by atoms with van der Waals surface area (Å²) in [7, 11) is 0. The summed E-state index contributed by atoms with van der Waals surface area (Å²) in [6.07, 6.45) is 0. The average Bonchev–Trinajstić information content (AvgIpc) is 3.74. The molecule has 3 aromatic heterocycles. The number of aromatic nitrogens is 3. The van der Waals surface area contributed by atoms with Crippen molar-refractivity contribution in [3.05, 3.63) is 152 Å². The first-order chi connectivity index (χ1) is 22.8. The molecule has 3 nitrogen and oxygen atoms in total. The van der Waals surface area contributed by atoms with E-state index in [2.05, 4.69) is 127 Å². The second kappa shape index (κ2) is 11.1. The molecule has 0 amide bonds. The van der Waals surface area contributed by atoms with Crippen LogP contribution < -0.4 is 0 Å². The molecule has 6 aromatic carbocycles. The van der Waals surface area contributed by atoms with Crippen LogP contribution in [0.5, 0.6) is 0 Å². The van der Waals surface area contributed by atoms with E-state index in [1.165, 1.54) is 36.0 Å². The minimum absolute atomic E-state index is 0.711. The molecule has 0 saturated carbocycles. The van der Waals surface area contributed by atoms with Gasteiger partial charge in [-0.15, -0.1) is 22.7 Å². The van der Waals surface area contributed by atoms with Crippen LogP contribution in [0, 0.1) is 0 Å². The standard InChI is InChI=1S/C41H25N3S2/c1-3-11-26(12-4-1)27-21-23-28(24-22-27)33-25-34(43-40(42-33)29-13-5-2-6-14-29)30-15-9-19-36-38(30)39-31(16-10-20-37(39)45-36)41-44-32-17-7-8-18-35(32)46-41/h1-25H. The summed E-state index contributed by atoms with van der Waals surface area (Å²) in [5.41, 5.74) is 9.51. The van der Waals surface area contributed by atoms with Gasteiger partial charge < -0.3 is 0 Å². The Labute approximate surface area is 274 Å². The molecule has 46 heavy (non-hydrogen) atoms. The van der Waals surface area contributed by atoms with E-state index in [-0.39, 0.29) is 0 Å². The average molecular weight is 624 g/mol. The Hall–Kier alpha value is -5.49. The van der Waals surface area contributed by atoms with Crippen LogP contribution in [-0.2, 0) is 0 Å². The summed E-state index contributed by atoms with van der Waals surface area (Å²) in [6.45, 7) is 0. The zero-order valence-corrected chi connectivity index (χ0v) is 26.2. The fourth-order valence-corrected chi connectivity index (χ4v) is 8.31. The van der Waals surface area contributed by atoms with Crippen molar-refractivity contribution in [1.29, 1.82) is 0 Å². The zero-order valence-electron chi connectivity index (χ0n) is 24.6. The van der Waals surface area contributed by atoms with Gasteiger partial charge in [0.25, 0.3) is 0 Å². The Bertz CT molecular complexity index is 2480. The third-order valence-electron chi connectivity index (χ3n) is 8.37. The van der Waals surface area contributed by atoms with Crippen LogP contribution in [0.2, 0.25) is 0 Å². The lowest BCUT2D eigenvalue weighted by Gasteiger charge is -2.11. The molecule has 0 unspecified atom stereocenters. The Balaban J connectivity index is 1.26. The highest BCUT2D eigenvalue weighted by Gasteiger charge is 2.19. The molecule has 0 fully saturated rings. The van der Waals surface area contributed by atoms with Gasteiger partial charge in [-0.05, 0) is 41.5 Å². The molecule has 0 bridgehead atoms. The summed E-state index contributed by atoms with van der Waals surface area (Å²) in [6, 6.07) is 53.0. The van der Waals surface area contributed by atoms with E-state index in [9.17, 15) is 0 Å². The maximum atomic E-state index is 5.22. The van der Waals surface area contributed by atoms with Crippen molar-refractivity contribution in [3.8, 4) is 55.6 Å². The lowest BCUT2D eigenvalue weighted by atomic mass is 9.98. The lowest BCUT2D eigenvalue weighted by molar-refractivity contribution is 1.19. The first-order valence-corrected chi connectivity index (χ1v) is 16.8. The molecular weight excluding hydrogens is 599 g/mol. The van der Waals surface area contributed by atoms with Crippen LogP contribution in [0.4, 0.5) is 0 Å². The molecule has 0 saturated heterocycles. The van der Waals surface area contributed by atoms with Gasteiger partial charge in [0.1, 0.15) is 5.01 Å². The number of fused-ring (bicyclic) bond motifs is 4. The maximum absolute atomic E-state index is 5.22. The predicted molar refractivity (Wildman–Crippen MR) is 195 cm³/mol. The molecule has 0 aliphatic heterocycles. The lowest BCUT2D eigenvalue weighted by Crippen LogP contribution is -1.96. The predicted octanol–water partition coefficient (Wildman–Crippen LogP) is 11.8. The first-order valence-electron chi connectivity index (χ1n) is 15.2. The van der Waals surface area contributed by atoms with Crippen molar-refractivity contribution >= 4 is 53.1 Å². The second-order valence-electron chi connectivity index (χ2n) is 11.2. The number of nitrogens with zero attached hydrogens (tertiary/aromatic N) is 3. The van der Waals surface area contributed by atoms with Crippen LogP contribution in [0.1, 0.15) is 0 Å². The molecule has 0 spiro atoms. The number of thiazole rings is 1. The van der Waals surface area contributed by atoms with Gasteiger partial charge in [-0.2, -0.15) is 0 Å². The molecule has 0 N–H and O–H groups in total. The van der Waals surface area contributed by atoms with Crippen LogP contribution in [-0.4, -0.2) is 15.0 Å². The van der Waals surface area contributed by atoms with Crippen molar-refractivity contribution in [1.82, 2.24) is 15.0 Å². The van der Waals surface area contributed by atoms with E-state index >= 15 is 0 Å². The number of hydrogen-bond acceptors (Lipinski definition) is 5. The zero-order chi connectivity index (χ0) is 30.5. The van der Waals surface area contributed by atoms with Gasteiger partial charge >= 0.3 is 0 Å². The van der Waals surface area contributed by atoms with Gasteiger partial charge in [0.2, 0.25) is 0 Å². The van der Waals surface area contributed by atoms with Gasteiger partial charge in [0, 0.05) is 42.4 Å². The van der Waals surface area contributed by atoms with E-state index in [0.717, 1.165) is 44.2 Å². The van der Waals surface area contributed by atoms with E-state index in [1.54, 1.807) is 11.3 Å². The highest BCUT2D eigenvalue weighted by molar-refractivity contribution is 7.26. The van der Waals surface area contributed by atoms with Gasteiger partial charge in [-0.1, -0.05) is 121 Å². The number of benzene rings is 6. The Morgan fingerprint density at radius 1 is 0.370 bits per heavy atom. The largest absolute Gasteiger partial charge is 0.236 e. The van der Waals surface area contributed by atoms with Gasteiger partial charge in [-0.25, -0.2) is 15.0 Å². The highest BCUT2D eigenvalue weighted by atomic mass is 32.1. The Kier molecular flexibility index (Phi) is 6.51. The molecule has 0 aliphatic rings. The maximum Gasteiger partial charge on any atom is 0.160 e. The van der Waals surface area contributed by atoms with Crippen molar-refractivity contribution in [2.45, 2.75) is 0 Å². The van der Waals surface area contributed by atoms with Crippen molar-refractivity contribution < 1.29 is 0 Å². The van der Waals surface area contributed by atoms with Crippen molar-refractivity contribution in [2.75, 3.05) is 0 Å². The smallest absolute Gasteiger partial charge is 0.160 e. The fraction of sp³-hybridized carbons (Fsp3) is 0. The second-order valence-corrected chi connectivity index (χ2v) is 13.3. The van der Waals surface area contributed by atoms with Crippen LogP contribution in [0.25, 0.3) is 86.0 Å².